The molecule has 1 heterocycles. The van der Waals surface area contributed by atoms with Gasteiger partial charge in [0.15, 0.2) is 0 Å². The second-order valence-electron chi connectivity index (χ2n) is 5.22. The van der Waals surface area contributed by atoms with E-state index in [2.05, 4.69) is 26.1 Å². The molecule has 1 amide bonds. The minimum atomic E-state index is -0.363. The van der Waals surface area contributed by atoms with Crippen LogP contribution in [0.1, 0.15) is 10.4 Å². The van der Waals surface area contributed by atoms with E-state index < -0.39 is 0 Å². The summed E-state index contributed by atoms with van der Waals surface area (Å²) in [6, 6.07) is 11.3. The summed E-state index contributed by atoms with van der Waals surface area (Å²) in [5, 5.41) is 2.91. The Bertz CT molecular complexity index is 700. The van der Waals surface area contributed by atoms with Crippen LogP contribution in [-0.2, 0) is 4.74 Å². The fourth-order valence-corrected chi connectivity index (χ4v) is 2.85. The normalized spacial score (nSPS) is 14.6. The molecule has 0 unspecified atom stereocenters. The van der Waals surface area contributed by atoms with Crippen LogP contribution < -0.4 is 10.2 Å². The standard InChI is InChI=1S/C17H16BrFN2O2/c18-13-3-6-16(21-7-9-23-10-8-21)15(11-13)20-17(22)12-1-4-14(19)5-2-12/h1-6,11H,7-10H2,(H,20,22). The lowest BCUT2D eigenvalue weighted by atomic mass is 10.2. The first-order chi connectivity index (χ1) is 11.1. The van der Waals surface area contributed by atoms with E-state index in [1.54, 1.807) is 0 Å². The third-order valence-electron chi connectivity index (χ3n) is 3.66. The molecule has 1 aliphatic rings. The lowest BCUT2D eigenvalue weighted by molar-refractivity contribution is 0.102. The molecule has 1 aliphatic heterocycles. The molecule has 0 spiro atoms. The summed E-state index contributed by atoms with van der Waals surface area (Å²) in [4.78, 5) is 14.6. The maximum absolute atomic E-state index is 13.0. The van der Waals surface area contributed by atoms with Gasteiger partial charge in [-0.3, -0.25) is 4.79 Å². The molecule has 1 N–H and O–H groups in total. The Hall–Kier alpha value is -1.92. The van der Waals surface area contributed by atoms with E-state index in [4.69, 9.17) is 4.74 Å². The van der Waals surface area contributed by atoms with Gasteiger partial charge >= 0.3 is 0 Å². The first kappa shape index (κ1) is 16.0. The molecule has 0 atom stereocenters. The zero-order chi connectivity index (χ0) is 16.2. The highest BCUT2D eigenvalue weighted by molar-refractivity contribution is 9.10. The van der Waals surface area contributed by atoms with Crippen LogP contribution in [0.4, 0.5) is 15.8 Å². The van der Waals surface area contributed by atoms with Crippen LogP contribution in [0.5, 0.6) is 0 Å². The Morgan fingerprint density at radius 3 is 2.52 bits per heavy atom. The van der Waals surface area contributed by atoms with Crippen LogP contribution in [0.15, 0.2) is 46.9 Å². The van der Waals surface area contributed by atoms with Crippen molar-refractivity contribution in [2.24, 2.45) is 0 Å². The van der Waals surface area contributed by atoms with Crippen molar-refractivity contribution in [2.45, 2.75) is 0 Å². The quantitative estimate of drug-likeness (QED) is 0.885. The van der Waals surface area contributed by atoms with E-state index in [0.717, 1.165) is 28.9 Å². The second-order valence-corrected chi connectivity index (χ2v) is 6.14. The number of carbonyl (C=O) groups is 1. The number of ether oxygens (including phenoxy) is 1. The van der Waals surface area contributed by atoms with E-state index in [0.29, 0.717) is 18.8 Å². The molecule has 0 aromatic heterocycles. The maximum atomic E-state index is 13.0. The summed E-state index contributed by atoms with van der Waals surface area (Å²) >= 11 is 3.43. The lowest BCUT2D eigenvalue weighted by Crippen LogP contribution is -2.36. The molecule has 2 aromatic rings. The summed E-state index contributed by atoms with van der Waals surface area (Å²) in [5.74, 6) is -0.629. The molecule has 23 heavy (non-hydrogen) atoms. The fraction of sp³-hybridized carbons (Fsp3) is 0.235. The number of rotatable bonds is 3. The van der Waals surface area contributed by atoms with Gasteiger partial charge in [-0.1, -0.05) is 15.9 Å². The van der Waals surface area contributed by atoms with Gasteiger partial charge in [-0.15, -0.1) is 0 Å². The topological polar surface area (TPSA) is 41.6 Å². The molecule has 6 heteroatoms. The number of amides is 1. The summed E-state index contributed by atoms with van der Waals surface area (Å²) in [7, 11) is 0. The number of halogens is 2. The number of anilines is 2. The highest BCUT2D eigenvalue weighted by atomic mass is 79.9. The lowest BCUT2D eigenvalue weighted by Gasteiger charge is -2.30. The molecule has 0 aliphatic carbocycles. The van der Waals surface area contributed by atoms with Gasteiger partial charge < -0.3 is 15.0 Å². The molecule has 3 rings (SSSR count). The molecule has 0 radical (unpaired) electrons. The first-order valence-corrected chi connectivity index (χ1v) is 8.12. The van der Waals surface area contributed by atoms with Gasteiger partial charge in [0.1, 0.15) is 5.82 Å². The number of nitrogens with zero attached hydrogens (tertiary/aromatic N) is 1. The number of hydrogen-bond acceptors (Lipinski definition) is 3. The Kier molecular flexibility index (Phi) is 4.93. The molecule has 1 saturated heterocycles. The van der Waals surface area contributed by atoms with Gasteiger partial charge in [0, 0.05) is 23.1 Å². The highest BCUT2D eigenvalue weighted by Crippen LogP contribution is 2.30. The fourth-order valence-electron chi connectivity index (χ4n) is 2.48. The Morgan fingerprint density at radius 2 is 1.83 bits per heavy atom. The van der Waals surface area contributed by atoms with Crippen molar-refractivity contribution >= 4 is 33.2 Å². The van der Waals surface area contributed by atoms with Gasteiger partial charge in [-0.05, 0) is 42.5 Å². The summed E-state index contributed by atoms with van der Waals surface area (Å²) in [6.45, 7) is 2.89. The number of hydrogen-bond donors (Lipinski definition) is 1. The van der Waals surface area contributed by atoms with E-state index in [1.165, 1.54) is 24.3 Å². The van der Waals surface area contributed by atoms with E-state index in [9.17, 15) is 9.18 Å². The predicted octanol–water partition coefficient (Wildman–Crippen LogP) is 3.68. The zero-order valence-corrected chi connectivity index (χ0v) is 14.0. The Labute approximate surface area is 142 Å². The minimum Gasteiger partial charge on any atom is -0.378 e. The SMILES string of the molecule is O=C(Nc1cc(Br)ccc1N1CCOCC1)c1ccc(F)cc1. The number of benzene rings is 2. The minimum absolute atomic E-state index is 0.266. The Morgan fingerprint density at radius 1 is 1.13 bits per heavy atom. The van der Waals surface area contributed by atoms with Crippen LogP contribution in [0.3, 0.4) is 0 Å². The van der Waals surface area contributed by atoms with Crippen LogP contribution in [0.25, 0.3) is 0 Å². The van der Waals surface area contributed by atoms with E-state index in [1.807, 2.05) is 18.2 Å². The van der Waals surface area contributed by atoms with Crippen molar-refractivity contribution in [3.63, 3.8) is 0 Å². The van der Waals surface area contributed by atoms with Crippen molar-refractivity contribution in [1.82, 2.24) is 0 Å². The number of morpholine rings is 1. The molecule has 120 valence electrons. The van der Waals surface area contributed by atoms with Crippen molar-refractivity contribution in [3.8, 4) is 0 Å². The zero-order valence-electron chi connectivity index (χ0n) is 12.4. The second kappa shape index (κ2) is 7.10. The predicted molar refractivity (Wildman–Crippen MR) is 91.5 cm³/mol. The summed E-state index contributed by atoms with van der Waals surface area (Å²) in [6.07, 6.45) is 0. The van der Waals surface area contributed by atoms with Crippen molar-refractivity contribution in [1.29, 1.82) is 0 Å². The monoisotopic (exact) mass is 378 g/mol. The summed E-state index contributed by atoms with van der Waals surface area (Å²) < 4.78 is 19.2. The van der Waals surface area contributed by atoms with Gasteiger partial charge in [-0.25, -0.2) is 4.39 Å². The Balaban J connectivity index is 1.84. The van der Waals surface area contributed by atoms with E-state index in [-0.39, 0.29) is 11.7 Å². The average molecular weight is 379 g/mol. The number of nitrogens with one attached hydrogen (secondary N) is 1. The molecular weight excluding hydrogens is 363 g/mol. The van der Waals surface area contributed by atoms with Crippen LogP contribution >= 0.6 is 15.9 Å². The van der Waals surface area contributed by atoms with Crippen LogP contribution in [0, 0.1) is 5.82 Å². The molecule has 0 saturated carbocycles. The van der Waals surface area contributed by atoms with Crippen molar-refractivity contribution in [2.75, 3.05) is 36.5 Å². The third kappa shape index (κ3) is 3.89. The number of carbonyl (C=O) groups excluding carboxylic acids is 1. The van der Waals surface area contributed by atoms with Gasteiger partial charge in [0.05, 0.1) is 24.6 Å². The maximum Gasteiger partial charge on any atom is 0.255 e. The molecular formula is C17H16BrFN2O2. The average Bonchev–Trinajstić information content (AvgIpc) is 2.56. The highest BCUT2D eigenvalue weighted by Gasteiger charge is 2.17. The van der Waals surface area contributed by atoms with Gasteiger partial charge in [0.25, 0.3) is 5.91 Å². The van der Waals surface area contributed by atoms with Crippen LogP contribution in [-0.4, -0.2) is 32.2 Å². The van der Waals surface area contributed by atoms with Crippen molar-refractivity contribution in [3.05, 3.63) is 58.3 Å². The van der Waals surface area contributed by atoms with Gasteiger partial charge in [-0.2, -0.15) is 0 Å². The molecule has 4 nitrogen and oxygen atoms in total. The smallest absolute Gasteiger partial charge is 0.255 e. The molecule has 0 bridgehead atoms. The third-order valence-corrected chi connectivity index (χ3v) is 4.16. The first-order valence-electron chi connectivity index (χ1n) is 7.32. The largest absolute Gasteiger partial charge is 0.378 e. The van der Waals surface area contributed by atoms with E-state index >= 15 is 0 Å². The molecule has 1 fully saturated rings. The molecule has 2 aromatic carbocycles. The van der Waals surface area contributed by atoms with Crippen molar-refractivity contribution < 1.29 is 13.9 Å². The van der Waals surface area contributed by atoms with Gasteiger partial charge in [0.2, 0.25) is 0 Å². The van der Waals surface area contributed by atoms with Crippen LogP contribution in [0.2, 0.25) is 0 Å². The summed E-state index contributed by atoms with van der Waals surface area (Å²) in [5.41, 5.74) is 2.09.